The van der Waals surface area contributed by atoms with E-state index in [2.05, 4.69) is 72.6 Å². The molecule has 2 heterocycles. The third-order valence-electron chi connectivity index (χ3n) is 4.58. The molecule has 1 aliphatic rings. The van der Waals surface area contributed by atoms with Crippen molar-refractivity contribution < 1.29 is 0 Å². The van der Waals surface area contributed by atoms with E-state index >= 15 is 0 Å². The van der Waals surface area contributed by atoms with Crippen LogP contribution in [0.2, 0.25) is 0 Å². The Labute approximate surface area is 163 Å². The van der Waals surface area contributed by atoms with Gasteiger partial charge in [0, 0.05) is 5.75 Å². The molecular formula is C21H23N5S. The predicted octanol–water partition coefficient (Wildman–Crippen LogP) is 4.35. The van der Waals surface area contributed by atoms with E-state index in [1.54, 1.807) is 11.8 Å². The molecule has 6 heteroatoms. The molecular weight excluding hydrogens is 354 g/mol. The van der Waals surface area contributed by atoms with Gasteiger partial charge in [0.25, 0.3) is 0 Å². The molecule has 2 aromatic carbocycles. The van der Waals surface area contributed by atoms with Crippen molar-refractivity contribution in [2.75, 3.05) is 5.75 Å². The molecule has 2 N–H and O–H groups in total. The highest BCUT2D eigenvalue weighted by Gasteiger charge is 2.23. The zero-order valence-electron chi connectivity index (χ0n) is 15.5. The molecule has 0 aliphatic carbocycles. The first-order valence-electron chi connectivity index (χ1n) is 9.19. The van der Waals surface area contributed by atoms with Crippen LogP contribution in [0.4, 0.5) is 0 Å². The number of rotatable bonds is 5. The normalized spacial score (nSPS) is 14.7. The second-order valence-electron chi connectivity index (χ2n) is 7.17. The second kappa shape index (κ2) is 7.66. The minimum Gasteiger partial charge on any atom is -0.321 e. The number of aromatic nitrogens is 3. The van der Waals surface area contributed by atoms with Crippen molar-refractivity contribution in [3.8, 4) is 11.1 Å². The van der Waals surface area contributed by atoms with Crippen LogP contribution in [0.15, 0.2) is 64.9 Å². The smallest absolute Gasteiger partial charge is 0.212 e. The zero-order valence-corrected chi connectivity index (χ0v) is 16.4. The van der Waals surface area contributed by atoms with Gasteiger partial charge in [0.05, 0.1) is 11.8 Å². The summed E-state index contributed by atoms with van der Waals surface area (Å²) in [6, 6.07) is 18.8. The van der Waals surface area contributed by atoms with Gasteiger partial charge in [0.2, 0.25) is 5.16 Å². The Morgan fingerprint density at radius 1 is 0.963 bits per heavy atom. The highest BCUT2D eigenvalue weighted by molar-refractivity contribution is 7.99. The SMILES string of the molecule is CC(C)CC(N)c1nnc2n1N=C(c1ccc(-c3ccccc3)cc1)CS2. The fraction of sp³-hybridized carbons (Fsp3) is 0.286. The van der Waals surface area contributed by atoms with Gasteiger partial charge in [0.1, 0.15) is 0 Å². The van der Waals surface area contributed by atoms with Gasteiger partial charge in [-0.05, 0) is 29.0 Å². The van der Waals surface area contributed by atoms with E-state index < -0.39 is 0 Å². The molecule has 1 aliphatic heterocycles. The number of hydrogen-bond donors (Lipinski definition) is 1. The molecule has 1 aromatic heterocycles. The molecule has 5 nitrogen and oxygen atoms in total. The Morgan fingerprint density at radius 3 is 2.33 bits per heavy atom. The minimum absolute atomic E-state index is 0.157. The fourth-order valence-corrected chi connectivity index (χ4v) is 4.06. The highest BCUT2D eigenvalue weighted by Crippen LogP contribution is 2.28. The number of nitrogens with two attached hydrogens (primary N) is 1. The monoisotopic (exact) mass is 377 g/mol. The number of hydrogen-bond acceptors (Lipinski definition) is 5. The second-order valence-corrected chi connectivity index (χ2v) is 8.11. The van der Waals surface area contributed by atoms with Crippen LogP contribution in [0.3, 0.4) is 0 Å². The van der Waals surface area contributed by atoms with E-state index in [-0.39, 0.29) is 6.04 Å². The van der Waals surface area contributed by atoms with Gasteiger partial charge >= 0.3 is 0 Å². The molecule has 0 radical (unpaired) electrons. The Bertz CT molecular complexity index is 944. The summed E-state index contributed by atoms with van der Waals surface area (Å²) in [5, 5.41) is 14.2. The van der Waals surface area contributed by atoms with Gasteiger partial charge in [-0.3, -0.25) is 0 Å². The van der Waals surface area contributed by atoms with Crippen LogP contribution in [0.25, 0.3) is 11.1 Å². The van der Waals surface area contributed by atoms with Crippen LogP contribution in [-0.2, 0) is 0 Å². The molecule has 27 heavy (non-hydrogen) atoms. The average Bonchev–Trinajstić information content (AvgIpc) is 3.12. The summed E-state index contributed by atoms with van der Waals surface area (Å²) in [7, 11) is 0. The lowest BCUT2D eigenvalue weighted by molar-refractivity contribution is 0.478. The molecule has 0 spiro atoms. The van der Waals surface area contributed by atoms with Gasteiger partial charge < -0.3 is 5.73 Å². The Kier molecular flexibility index (Phi) is 5.09. The maximum atomic E-state index is 6.33. The lowest BCUT2D eigenvalue weighted by atomic mass is 10.0. The topological polar surface area (TPSA) is 69.1 Å². The Hall–Kier alpha value is -2.44. The fourth-order valence-electron chi connectivity index (χ4n) is 3.21. The molecule has 138 valence electrons. The average molecular weight is 378 g/mol. The molecule has 0 saturated heterocycles. The van der Waals surface area contributed by atoms with Crippen LogP contribution in [0.1, 0.15) is 37.7 Å². The molecule has 0 bridgehead atoms. The standard InChI is InChI=1S/C21H23N5S/c1-14(2)12-18(22)20-23-24-21-26(20)25-19(13-27-21)17-10-8-16(9-11-17)15-6-4-3-5-7-15/h3-11,14,18H,12-13,22H2,1-2H3. The summed E-state index contributed by atoms with van der Waals surface area (Å²) in [6.07, 6.45) is 0.861. The maximum absolute atomic E-state index is 6.33. The van der Waals surface area contributed by atoms with E-state index in [4.69, 9.17) is 10.8 Å². The summed E-state index contributed by atoms with van der Waals surface area (Å²) in [6.45, 7) is 4.32. The lowest BCUT2D eigenvalue weighted by Gasteiger charge is -2.17. The van der Waals surface area contributed by atoms with E-state index in [1.807, 2.05) is 10.7 Å². The van der Waals surface area contributed by atoms with Crippen LogP contribution in [-0.4, -0.2) is 26.3 Å². The molecule has 0 saturated carbocycles. The summed E-state index contributed by atoms with van der Waals surface area (Å²) in [4.78, 5) is 0. The molecule has 1 unspecified atom stereocenters. The summed E-state index contributed by atoms with van der Waals surface area (Å²) < 4.78 is 1.82. The van der Waals surface area contributed by atoms with Crippen LogP contribution in [0, 0.1) is 5.92 Å². The van der Waals surface area contributed by atoms with Crippen molar-refractivity contribution >= 4 is 17.5 Å². The quantitative estimate of drug-likeness (QED) is 0.718. The summed E-state index contributed by atoms with van der Waals surface area (Å²) in [5.41, 5.74) is 10.9. The van der Waals surface area contributed by atoms with Gasteiger partial charge in [-0.1, -0.05) is 80.2 Å². The summed E-state index contributed by atoms with van der Waals surface area (Å²) in [5.74, 6) is 2.02. The third-order valence-corrected chi connectivity index (χ3v) is 5.51. The first kappa shape index (κ1) is 17.9. The van der Waals surface area contributed by atoms with E-state index in [0.29, 0.717) is 5.92 Å². The van der Waals surface area contributed by atoms with E-state index in [9.17, 15) is 0 Å². The molecule has 4 rings (SSSR count). The van der Waals surface area contributed by atoms with Crippen molar-refractivity contribution in [3.63, 3.8) is 0 Å². The lowest BCUT2D eigenvalue weighted by Crippen LogP contribution is -2.20. The van der Waals surface area contributed by atoms with E-state index in [0.717, 1.165) is 34.4 Å². The van der Waals surface area contributed by atoms with Crippen molar-refractivity contribution in [3.05, 3.63) is 66.0 Å². The van der Waals surface area contributed by atoms with Crippen molar-refractivity contribution in [1.29, 1.82) is 0 Å². The largest absolute Gasteiger partial charge is 0.321 e. The van der Waals surface area contributed by atoms with Crippen LogP contribution >= 0.6 is 11.8 Å². The molecule has 0 fully saturated rings. The summed E-state index contributed by atoms with van der Waals surface area (Å²) >= 11 is 1.65. The number of fused-ring (bicyclic) bond motifs is 1. The predicted molar refractivity (Wildman–Crippen MR) is 111 cm³/mol. The van der Waals surface area contributed by atoms with Crippen LogP contribution in [0.5, 0.6) is 0 Å². The molecule has 0 amide bonds. The van der Waals surface area contributed by atoms with Crippen LogP contribution < -0.4 is 5.73 Å². The van der Waals surface area contributed by atoms with Gasteiger partial charge in [-0.25, -0.2) is 0 Å². The first-order valence-corrected chi connectivity index (χ1v) is 10.2. The minimum atomic E-state index is -0.157. The van der Waals surface area contributed by atoms with Gasteiger partial charge in [-0.2, -0.15) is 9.78 Å². The number of benzene rings is 2. The van der Waals surface area contributed by atoms with Crippen molar-refractivity contribution in [2.24, 2.45) is 16.8 Å². The van der Waals surface area contributed by atoms with Gasteiger partial charge in [0.15, 0.2) is 5.82 Å². The van der Waals surface area contributed by atoms with E-state index in [1.165, 1.54) is 11.1 Å². The Morgan fingerprint density at radius 2 is 1.63 bits per heavy atom. The highest BCUT2D eigenvalue weighted by atomic mass is 32.2. The number of nitrogens with zero attached hydrogens (tertiary/aromatic N) is 4. The zero-order chi connectivity index (χ0) is 18.8. The molecule has 3 aromatic rings. The van der Waals surface area contributed by atoms with Crippen molar-refractivity contribution in [2.45, 2.75) is 31.5 Å². The number of thioether (sulfide) groups is 1. The Balaban J connectivity index is 1.62. The third kappa shape index (κ3) is 3.82. The molecule has 1 atom stereocenters. The van der Waals surface area contributed by atoms with Gasteiger partial charge in [-0.15, -0.1) is 10.2 Å². The van der Waals surface area contributed by atoms with Crippen molar-refractivity contribution in [1.82, 2.24) is 14.9 Å². The maximum Gasteiger partial charge on any atom is 0.212 e. The first-order chi connectivity index (χ1) is 13.1.